The normalized spacial score (nSPS) is 14.6. The fourth-order valence-corrected chi connectivity index (χ4v) is 3.33. The van der Waals surface area contributed by atoms with Gasteiger partial charge in [-0.05, 0) is 18.2 Å². The predicted octanol–water partition coefficient (Wildman–Crippen LogP) is 2.56. The van der Waals surface area contributed by atoms with Crippen LogP contribution < -0.4 is 4.74 Å². The second-order valence-corrected chi connectivity index (χ2v) is 6.48. The van der Waals surface area contributed by atoms with Gasteiger partial charge in [0.25, 0.3) is 5.91 Å². The lowest BCUT2D eigenvalue weighted by Crippen LogP contribution is -2.50. The molecule has 2 amide bonds. The highest BCUT2D eigenvalue weighted by Crippen LogP contribution is 2.26. The minimum Gasteiger partial charge on any atom is -0.497 e. The van der Waals surface area contributed by atoms with E-state index in [-0.39, 0.29) is 18.2 Å². The van der Waals surface area contributed by atoms with E-state index < -0.39 is 0 Å². The average molecular weight is 368 g/mol. The highest BCUT2D eigenvalue weighted by atomic mass is 16.5. The van der Waals surface area contributed by atoms with Gasteiger partial charge in [0.2, 0.25) is 5.91 Å². The molecular weight excluding hydrogens is 348 g/mol. The molecule has 3 aromatic rings. The van der Waals surface area contributed by atoms with E-state index >= 15 is 0 Å². The van der Waals surface area contributed by atoms with Crippen molar-refractivity contribution in [3.63, 3.8) is 0 Å². The Morgan fingerprint density at radius 1 is 1.07 bits per heavy atom. The van der Waals surface area contributed by atoms with Gasteiger partial charge in [-0.3, -0.25) is 9.59 Å². The molecule has 0 radical (unpaired) electrons. The maximum atomic E-state index is 12.7. The van der Waals surface area contributed by atoms with Crippen molar-refractivity contribution in [3.8, 4) is 5.75 Å². The second-order valence-electron chi connectivity index (χ2n) is 6.48. The van der Waals surface area contributed by atoms with Gasteiger partial charge in [0.05, 0.1) is 31.6 Å². The topological polar surface area (TPSA) is 76.1 Å². The van der Waals surface area contributed by atoms with E-state index in [9.17, 15) is 9.59 Å². The number of nitrogens with zero attached hydrogens (tertiary/aromatic N) is 2. The number of ether oxygens (including phenoxy) is 1. The quantitative estimate of drug-likeness (QED) is 0.707. The molecule has 0 atom stereocenters. The van der Waals surface area contributed by atoms with Gasteiger partial charge < -0.3 is 23.4 Å². The number of methoxy groups -OCH3 is 1. The second kappa shape index (κ2) is 7.19. The highest BCUT2D eigenvalue weighted by molar-refractivity contribution is 5.94. The molecule has 0 bridgehead atoms. The molecule has 1 fully saturated rings. The van der Waals surface area contributed by atoms with Crippen LogP contribution in [-0.2, 0) is 11.2 Å². The molecule has 0 aliphatic carbocycles. The molecule has 3 heterocycles. The molecule has 140 valence electrons. The minimum atomic E-state index is -0.0642. The summed E-state index contributed by atoms with van der Waals surface area (Å²) in [6.45, 7) is 2.07. The van der Waals surface area contributed by atoms with Crippen molar-refractivity contribution >= 4 is 22.8 Å². The lowest BCUT2D eigenvalue weighted by Gasteiger charge is -2.34. The van der Waals surface area contributed by atoms with E-state index in [2.05, 4.69) is 0 Å². The van der Waals surface area contributed by atoms with Crippen LogP contribution in [0.3, 0.4) is 0 Å². The smallest absolute Gasteiger partial charge is 0.257 e. The van der Waals surface area contributed by atoms with Crippen molar-refractivity contribution in [2.24, 2.45) is 0 Å². The summed E-state index contributed by atoms with van der Waals surface area (Å²) in [6.07, 6.45) is 4.83. The molecule has 27 heavy (non-hydrogen) atoms. The van der Waals surface area contributed by atoms with Gasteiger partial charge in [0.15, 0.2) is 0 Å². The number of fused-ring (bicyclic) bond motifs is 1. The van der Waals surface area contributed by atoms with E-state index in [0.29, 0.717) is 43.1 Å². The van der Waals surface area contributed by atoms with Crippen molar-refractivity contribution in [1.29, 1.82) is 0 Å². The van der Waals surface area contributed by atoms with Crippen LogP contribution in [0.15, 0.2) is 51.9 Å². The minimum absolute atomic E-state index is 0.0314. The molecule has 2 aromatic heterocycles. The van der Waals surface area contributed by atoms with Gasteiger partial charge in [0, 0.05) is 43.2 Å². The van der Waals surface area contributed by atoms with Crippen molar-refractivity contribution < 1.29 is 23.2 Å². The molecule has 0 saturated carbocycles. The molecule has 7 heteroatoms. The molecule has 0 spiro atoms. The Morgan fingerprint density at radius 2 is 1.85 bits per heavy atom. The first kappa shape index (κ1) is 17.2. The Labute approximate surface area is 156 Å². The Kier molecular flexibility index (Phi) is 4.58. The first-order valence-corrected chi connectivity index (χ1v) is 8.79. The van der Waals surface area contributed by atoms with Crippen LogP contribution >= 0.6 is 0 Å². The van der Waals surface area contributed by atoms with Crippen molar-refractivity contribution in [1.82, 2.24) is 9.80 Å². The number of carbonyl (C=O) groups excluding carboxylic acids is 2. The summed E-state index contributed by atoms with van der Waals surface area (Å²) in [7, 11) is 1.60. The third-order valence-corrected chi connectivity index (χ3v) is 4.89. The van der Waals surface area contributed by atoms with Crippen molar-refractivity contribution in [3.05, 3.63) is 54.2 Å². The number of piperazine rings is 1. The van der Waals surface area contributed by atoms with Crippen LogP contribution in [0.1, 0.15) is 15.9 Å². The Balaban J connectivity index is 1.38. The first-order chi connectivity index (χ1) is 13.2. The zero-order chi connectivity index (χ0) is 18.8. The lowest BCUT2D eigenvalue weighted by molar-refractivity contribution is -0.131. The van der Waals surface area contributed by atoms with E-state index in [1.165, 1.54) is 12.5 Å². The van der Waals surface area contributed by atoms with Crippen molar-refractivity contribution in [2.45, 2.75) is 6.42 Å². The Hall–Kier alpha value is -3.22. The lowest BCUT2D eigenvalue weighted by atomic mass is 10.1. The molecule has 4 rings (SSSR count). The molecule has 7 nitrogen and oxygen atoms in total. The molecule has 1 aromatic carbocycles. The maximum Gasteiger partial charge on any atom is 0.257 e. The number of benzene rings is 1. The van der Waals surface area contributed by atoms with Crippen LogP contribution in [0.4, 0.5) is 0 Å². The molecule has 1 aliphatic heterocycles. The summed E-state index contributed by atoms with van der Waals surface area (Å²) < 4.78 is 15.7. The van der Waals surface area contributed by atoms with Gasteiger partial charge in [-0.2, -0.15) is 0 Å². The molecule has 0 N–H and O–H groups in total. The average Bonchev–Trinajstić information content (AvgIpc) is 3.37. The molecular formula is C20H20N2O5. The van der Waals surface area contributed by atoms with E-state index in [0.717, 1.165) is 10.9 Å². The van der Waals surface area contributed by atoms with Crippen LogP contribution in [0, 0.1) is 0 Å². The Bertz CT molecular complexity index is 952. The van der Waals surface area contributed by atoms with Crippen LogP contribution in [0.2, 0.25) is 0 Å². The van der Waals surface area contributed by atoms with E-state index in [1.807, 2.05) is 18.2 Å². The van der Waals surface area contributed by atoms with Gasteiger partial charge in [-0.1, -0.05) is 0 Å². The first-order valence-electron chi connectivity index (χ1n) is 8.79. The largest absolute Gasteiger partial charge is 0.497 e. The van der Waals surface area contributed by atoms with Crippen LogP contribution in [0.5, 0.6) is 5.75 Å². The summed E-state index contributed by atoms with van der Waals surface area (Å²) in [5, 5.41) is 0.915. The third kappa shape index (κ3) is 3.40. The molecule has 0 unspecified atom stereocenters. The zero-order valence-electron chi connectivity index (χ0n) is 15.0. The fraction of sp³-hybridized carbons (Fsp3) is 0.300. The van der Waals surface area contributed by atoms with E-state index in [4.69, 9.17) is 13.6 Å². The third-order valence-electron chi connectivity index (χ3n) is 4.89. The van der Waals surface area contributed by atoms with Crippen LogP contribution in [-0.4, -0.2) is 54.9 Å². The maximum absolute atomic E-state index is 12.7. The van der Waals surface area contributed by atoms with Gasteiger partial charge in [-0.25, -0.2) is 0 Å². The summed E-state index contributed by atoms with van der Waals surface area (Å²) in [4.78, 5) is 28.5. The van der Waals surface area contributed by atoms with Gasteiger partial charge >= 0.3 is 0 Å². The summed E-state index contributed by atoms with van der Waals surface area (Å²) in [5.74, 6) is 0.683. The number of rotatable bonds is 4. The van der Waals surface area contributed by atoms with Crippen LogP contribution in [0.25, 0.3) is 11.0 Å². The van der Waals surface area contributed by atoms with Crippen molar-refractivity contribution in [2.75, 3.05) is 33.3 Å². The summed E-state index contributed by atoms with van der Waals surface area (Å²) in [6, 6.07) is 7.22. The fourth-order valence-electron chi connectivity index (χ4n) is 3.33. The number of hydrogen-bond acceptors (Lipinski definition) is 5. The molecule has 1 saturated heterocycles. The highest BCUT2D eigenvalue weighted by Gasteiger charge is 2.25. The number of hydrogen-bond donors (Lipinski definition) is 0. The van der Waals surface area contributed by atoms with E-state index in [1.54, 1.807) is 29.2 Å². The predicted molar refractivity (Wildman–Crippen MR) is 97.7 cm³/mol. The number of furan rings is 2. The number of amides is 2. The van der Waals surface area contributed by atoms with Gasteiger partial charge in [0.1, 0.15) is 17.6 Å². The zero-order valence-corrected chi connectivity index (χ0v) is 15.0. The monoisotopic (exact) mass is 368 g/mol. The molecule has 1 aliphatic rings. The standard InChI is InChI=1S/C20H20N2O5/c1-25-16-2-3-17-15(13-27-18(17)11-16)10-19(23)21-5-7-22(8-6-21)20(24)14-4-9-26-12-14/h2-4,9,11-13H,5-8,10H2,1H3. The Morgan fingerprint density at radius 3 is 2.56 bits per heavy atom. The SMILES string of the molecule is COc1ccc2c(CC(=O)N3CCN(C(=O)c4ccoc4)CC3)coc2c1. The summed E-state index contributed by atoms with van der Waals surface area (Å²) >= 11 is 0. The van der Waals surface area contributed by atoms with Gasteiger partial charge in [-0.15, -0.1) is 0 Å². The summed E-state index contributed by atoms with van der Waals surface area (Å²) in [5.41, 5.74) is 2.09. The number of carbonyl (C=O) groups is 2.